The molecule has 17 heteroatoms. The number of nitrogens with zero attached hydrogens (tertiary/aromatic N) is 8. The summed E-state index contributed by atoms with van der Waals surface area (Å²) in [6.45, 7) is 16.4. The molecule has 3 unspecified atom stereocenters. The van der Waals surface area contributed by atoms with Crippen molar-refractivity contribution >= 4 is 48.4 Å². The maximum absolute atomic E-state index is 12.4. The van der Waals surface area contributed by atoms with Crippen LogP contribution in [0.3, 0.4) is 0 Å². The summed E-state index contributed by atoms with van der Waals surface area (Å²) in [4.78, 5) is 31.6. The number of hydrogen-bond acceptors (Lipinski definition) is 14. The van der Waals surface area contributed by atoms with E-state index in [4.69, 9.17) is 33.3 Å². The van der Waals surface area contributed by atoms with Crippen LogP contribution in [0.2, 0.25) is 18.1 Å². The number of piperazine rings is 1. The Bertz CT molecular complexity index is 2460. The highest BCUT2D eigenvalue weighted by Gasteiger charge is 2.45. The van der Waals surface area contributed by atoms with Crippen molar-refractivity contribution in [1.82, 2.24) is 34.6 Å². The molecule has 0 bridgehead atoms. The molecule has 2 aliphatic heterocycles. The third-order valence-electron chi connectivity index (χ3n) is 11.8. The summed E-state index contributed by atoms with van der Waals surface area (Å²) in [5, 5.41) is 25.3. The van der Waals surface area contributed by atoms with E-state index in [1.807, 2.05) is 47.0 Å². The lowest BCUT2D eigenvalue weighted by atomic mass is 10.1. The lowest BCUT2D eigenvalue weighted by Crippen LogP contribution is -2.46. The van der Waals surface area contributed by atoms with E-state index >= 15 is 0 Å². The Labute approximate surface area is 356 Å². The van der Waals surface area contributed by atoms with Crippen molar-refractivity contribution in [2.24, 2.45) is 0 Å². The molecule has 3 atom stereocenters. The molecule has 0 aliphatic carbocycles. The van der Waals surface area contributed by atoms with Crippen LogP contribution in [-0.2, 0) is 20.6 Å². The molecule has 6 aromatic rings. The average Bonchev–Trinajstić information content (AvgIpc) is 4.00. The molecule has 0 spiro atoms. The molecule has 3 N–H and O–H groups in total. The number of aromatic nitrogens is 6. The fourth-order valence-electron chi connectivity index (χ4n) is 7.23. The van der Waals surface area contributed by atoms with E-state index in [0.717, 1.165) is 43.0 Å². The van der Waals surface area contributed by atoms with Gasteiger partial charge in [-0.05, 0) is 73.2 Å². The number of hydrogen-bond donors (Lipinski definition) is 3. The number of fused-ring (bicyclic) bond motifs is 1. The van der Waals surface area contributed by atoms with Gasteiger partial charge < -0.3 is 43.9 Å². The summed E-state index contributed by atoms with van der Waals surface area (Å²) < 4.78 is 27.6. The van der Waals surface area contributed by atoms with Gasteiger partial charge in [0.25, 0.3) is 0 Å². The first-order valence-corrected chi connectivity index (χ1v) is 23.6. The number of amides is 1. The Hall–Kier alpha value is -5.72. The third-order valence-corrected chi connectivity index (χ3v) is 16.3. The Balaban J connectivity index is 1.11. The van der Waals surface area contributed by atoms with Crippen molar-refractivity contribution < 1.29 is 28.2 Å². The summed E-state index contributed by atoms with van der Waals surface area (Å²) in [5.41, 5.74) is 5.36. The SMILES string of the molecule is CC(=O)Nc1ccc(-c2nnc(-c3ccc(N4CCN(C)CC4)cc3)o2)cc1Nc1nc(OCc2ccccc2)c2ncn(C3CC(O[Si](C)(C)C(C)(C)C)C(CO)O3)c2n1. The van der Waals surface area contributed by atoms with Crippen LogP contribution in [-0.4, -0.2) is 106 Å². The zero-order chi connectivity index (χ0) is 42.9. The van der Waals surface area contributed by atoms with Gasteiger partial charge in [0, 0.05) is 56.3 Å². The van der Waals surface area contributed by atoms with Gasteiger partial charge in [-0.25, -0.2) is 4.98 Å². The van der Waals surface area contributed by atoms with Crippen molar-refractivity contribution in [1.29, 1.82) is 0 Å². The van der Waals surface area contributed by atoms with Gasteiger partial charge in [-0.2, -0.15) is 9.97 Å². The second-order valence-corrected chi connectivity index (χ2v) is 22.0. The van der Waals surface area contributed by atoms with Gasteiger partial charge in [-0.1, -0.05) is 51.1 Å². The van der Waals surface area contributed by atoms with Crippen LogP contribution in [0.15, 0.2) is 83.5 Å². The highest BCUT2D eigenvalue weighted by Crippen LogP contribution is 2.42. The van der Waals surface area contributed by atoms with Crippen molar-refractivity contribution in [3.63, 3.8) is 0 Å². The van der Waals surface area contributed by atoms with Crippen molar-refractivity contribution in [2.45, 2.75) is 77.3 Å². The summed E-state index contributed by atoms with van der Waals surface area (Å²) in [6, 6.07) is 23.3. The van der Waals surface area contributed by atoms with Gasteiger partial charge >= 0.3 is 0 Å². The topological polar surface area (TPSA) is 178 Å². The number of benzene rings is 3. The van der Waals surface area contributed by atoms with Crippen molar-refractivity contribution in [2.75, 3.05) is 55.4 Å². The molecule has 0 radical (unpaired) electrons. The quantitative estimate of drug-likeness (QED) is 0.0991. The van der Waals surface area contributed by atoms with E-state index < -0.39 is 20.6 Å². The third kappa shape index (κ3) is 9.30. The minimum absolute atomic E-state index is 0.0261. The first kappa shape index (κ1) is 42.0. The van der Waals surface area contributed by atoms with Gasteiger partial charge in [0.1, 0.15) is 18.9 Å². The lowest BCUT2D eigenvalue weighted by Gasteiger charge is -2.39. The van der Waals surface area contributed by atoms with Crippen molar-refractivity contribution in [3.8, 4) is 28.8 Å². The van der Waals surface area contributed by atoms with Gasteiger partial charge in [0.2, 0.25) is 29.5 Å². The molecule has 320 valence electrons. The maximum Gasteiger partial charge on any atom is 0.248 e. The summed E-state index contributed by atoms with van der Waals surface area (Å²) in [6.07, 6.45) is 0.755. The zero-order valence-electron chi connectivity index (χ0n) is 35.8. The number of carbonyl (C=O) groups excluding carboxylic acids is 1. The van der Waals surface area contributed by atoms with Crippen LogP contribution in [0.4, 0.5) is 23.0 Å². The number of carbonyl (C=O) groups is 1. The molecule has 3 aromatic carbocycles. The van der Waals surface area contributed by atoms with E-state index in [9.17, 15) is 9.90 Å². The van der Waals surface area contributed by atoms with E-state index in [2.05, 4.69) is 83.7 Å². The number of anilines is 4. The predicted octanol–water partition coefficient (Wildman–Crippen LogP) is 7.25. The minimum Gasteiger partial charge on any atom is -0.471 e. The average molecular weight is 847 g/mol. The number of likely N-dealkylation sites (N-methyl/N-ethyl adjacent to an activating group) is 1. The summed E-state index contributed by atoms with van der Waals surface area (Å²) in [5.74, 6) is 0.848. The van der Waals surface area contributed by atoms with E-state index in [1.54, 1.807) is 24.5 Å². The van der Waals surface area contributed by atoms with Gasteiger partial charge in [-0.3, -0.25) is 9.36 Å². The Kier molecular flexibility index (Phi) is 11.9. The molecule has 2 saturated heterocycles. The molecule has 2 fully saturated rings. The lowest BCUT2D eigenvalue weighted by molar-refractivity contribution is -0.114. The number of ether oxygens (including phenoxy) is 2. The van der Waals surface area contributed by atoms with Gasteiger partial charge in [0.05, 0.1) is 30.4 Å². The van der Waals surface area contributed by atoms with Crippen LogP contribution < -0.4 is 20.3 Å². The van der Waals surface area contributed by atoms with Crippen LogP contribution in [0, 0.1) is 0 Å². The number of nitrogens with one attached hydrogen (secondary N) is 2. The van der Waals surface area contributed by atoms with Crippen molar-refractivity contribution in [3.05, 3.63) is 84.7 Å². The number of aliphatic hydroxyl groups excluding tert-OH is 1. The molecule has 0 saturated carbocycles. The Morgan fingerprint density at radius 1 is 0.934 bits per heavy atom. The fourth-order valence-corrected chi connectivity index (χ4v) is 8.59. The molecular formula is C44H54N10O6Si. The first-order chi connectivity index (χ1) is 29.2. The van der Waals surface area contributed by atoms with Crippen LogP contribution in [0.5, 0.6) is 5.88 Å². The molecule has 3 aromatic heterocycles. The molecule has 16 nitrogen and oxygen atoms in total. The summed E-state index contributed by atoms with van der Waals surface area (Å²) in [7, 11) is -0.0485. The van der Waals surface area contributed by atoms with E-state index in [1.165, 1.54) is 6.92 Å². The standard InChI is InChI=1S/C44H54N10O6Si/c1-28(56)46-33-18-15-31(41-51-50-40(59-41)30-13-16-32(17-14-30)53-21-19-52(5)20-22-53)23-34(33)47-43-48-39-38(42(49-43)57-26-29-11-9-8-10-12-29)45-27-54(39)37-24-35(36(25-55)58-37)60-61(6,7)44(2,3)4/h8-18,23,27,35-37,55H,19-22,24-26H2,1-7H3,(H,46,56)(H,47,48,49). The van der Waals surface area contributed by atoms with Gasteiger partial charge in [-0.15, -0.1) is 10.2 Å². The molecule has 5 heterocycles. The zero-order valence-corrected chi connectivity index (χ0v) is 36.8. The van der Waals surface area contributed by atoms with Gasteiger partial charge in [0.15, 0.2) is 19.5 Å². The minimum atomic E-state index is -2.19. The molecule has 8 rings (SSSR count). The maximum atomic E-state index is 12.4. The number of aliphatic hydroxyl groups is 1. The number of imidazole rings is 1. The van der Waals surface area contributed by atoms with E-state index in [-0.39, 0.29) is 42.1 Å². The fraction of sp³-hybridized carbons (Fsp3) is 0.409. The Morgan fingerprint density at radius 2 is 1.64 bits per heavy atom. The second kappa shape index (κ2) is 17.3. The summed E-state index contributed by atoms with van der Waals surface area (Å²) >= 11 is 0. The van der Waals surface area contributed by atoms with Crippen LogP contribution >= 0.6 is 0 Å². The first-order valence-electron chi connectivity index (χ1n) is 20.7. The Morgan fingerprint density at radius 3 is 2.33 bits per heavy atom. The largest absolute Gasteiger partial charge is 0.471 e. The highest BCUT2D eigenvalue weighted by atomic mass is 28.4. The number of rotatable bonds is 13. The van der Waals surface area contributed by atoms with Crippen LogP contribution in [0.25, 0.3) is 34.1 Å². The monoisotopic (exact) mass is 846 g/mol. The normalized spacial score (nSPS) is 18.8. The van der Waals surface area contributed by atoms with Crippen LogP contribution in [0.1, 0.15) is 45.9 Å². The highest BCUT2D eigenvalue weighted by molar-refractivity contribution is 6.74. The smallest absolute Gasteiger partial charge is 0.248 e. The molecule has 1 amide bonds. The predicted molar refractivity (Wildman–Crippen MR) is 236 cm³/mol. The molecular weight excluding hydrogens is 793 g/mol. The molecule has 2 aliphatic rings. The molecule has 61 heavy (non-hydrogen) atoms. The van der Waals surface area contributed by atoms with E-state index in [0.29, 0.717) is 46.3 Å². The second-order valence-electron chi connectivity index (χ2n) is 17.2.